The van der Waals surface area contributed by atoms with E-state index in [0.717, 1.165) is 7.11 Å². The molecule has 0 radical (unpaired) electrons. The van der Waals surface area contributed by atoms with Crippen molar-refractivity contribution in [3.8, 4) is 0 Å². The number of nitrogens with zero attached hydrogens (tertiary/aromatic N) is 1. The van der Waals surface area contributed by atoms with Gasteiger partial charge < -0.3 is 14.8 Å². The van der Waals surface area contributed by atoms with Gasteiger partial charge >= 0.3 is 11.9 Å². The summed E-state index contributed by atoms with van der Waals surface area (Å²) < 4.78 is 35.4. The lowest BCUT2D eigenvalue weighted by Crippen LogP contribution is -2.45. The second kappa shape index (κ2) is 8.19. The molecule has 31 heavy (non-hydrogen) atoms. The van der Waals surface area contributed by atoms with Gasteiger partial charge in [-0.1, -0.05) is 12.1 Å². The lowest BCUT2D eigenvalue weighted by Gasteiger charge is -2.23. The van der Waals surface area contributed by atoms with E-state index >= 15 is 0 Å². The maximum atomic E-state index is 12.9. The number of ether oxygens (including phenoxy) is 2. The van der Waals surface area contributed by atoms with Gasteiger partial charge in [0.2, 0.25) is 5.91 Å². The first-order valence-electron chi connectivity index (χ1n) is 8.92. The summed E-state index contributed by atoms with van der Waals surface area (Å²) in [4.78, 5) is 49.2. The standard InChI is InChI=1S/C20H18N2O8S/c1-11(22-18(24)14-6-4-5-7-16(14)31(22,27)28)17(23)21-15-10-12(19(25)29-2)8-9-13(15)20(26)30-3/h4-11H,1-3H3,(H,21,23). The number of hydrogen-bond donors (Lipinski definition) is 1. The Morgan fingerprint density at radius 1 is 1.00 bits per heavy atom. The average Bonchev–Trinajstić information content (AvgIpc) is 2.97. The zero-order valence-corrected chi connectivity index (χ0v) is 17.6. The minimum absolute atomic E-state index is 0.0370. The third kappa shape index (κ3) is 3.75. The first kappa shape index (κ1) is 22.0. The summed E-state index contributed by atoms with van der Waals surface area (Å²) in [5.74, 6) is -3.24. The molecule has 1 atom stereocenters. The molecule has 2 aromatic rings. The van der Waals surface area contributed by atoms with E-state index in [0.29, 0.717) is 4.31 Å². The molecule has 1 N–H and O–H groups in total. The normalized spacial score (nSPS) is 15.1. The van der Waals surface area contributed by atoms with Crippen molar-refractivity contribution in [2.24, 2.45) is 0 Å². The summed E-state index contributed by atoms with van der Waals surface area (Å²) in [5.41, 5.74) is -0.178. The maximum absolute atomic E-state index is 12.9. The number of carbonyl (C=O) groups is 4. The Bertz CT molecular complexity index is 1210. The Hall–Kier alpha value is -3.73. The SMILES string of the molecule is COC(=O)c1ccc(C(=O)OC)c(NC(=O)C(C)N2C(=O)c3ccccc3S2(=O)=O)c1. The Balaban J connectivity index is 1.95. The van der Waals surface area contributed by atoms with E-state index in [4.69, 9.17) is 0 Å². The minimum Gasteiger partial charge on any atom is -0.465 e. The lowest BCUT2D eigenvalue weighted by atomic mass is 10.1. The molecule has 1 aliphatic heterocycles. The topological polar surface area (TPSA) is 136 Å². The average molecular weight is 446 g/mol. The van der Waals surface area contributed by atoms with Crippen molar-refractivity contribution < 1.29 is 37.1 Å². The zero-order chi connectivity index (χ0) is 22.9. The lowest BCUT2D eigenvalue weighted by molar-refractivity contribution is -0.118. The van der Waals surface area contributed by atoms with Crippen LogP contribution in [0.4, 0.5) is 5.69 Å². The molecule has 0 fully saturated rings. The molecule has 3 rings (SSSR count). The fourth-order valence-electron chi connectivity index (χ4n) is 3.11. The second-order valence-corrected chi connectivity index (χ2v) is 8.29. The van der Waals surface area contributed by atoms with Crippen molar-refractivity contribution in [2.75, 3.05) is 19.5 Å². The third-order valence-corrected chi connectivity index (χ3v) is 6.60. The molecule has 0 bridgehead atoms. The van der Waals surface area contributed by atoms with Gasteiger partial charge in [-0.25, -0.2) is 22.3 Å². The van der Waals surface area contributed by atoms with E-state index in [1.165, 1.54) is 56.5 Å². The molecule has 0 aliphatic carbocycles. The van der Waals surface area contributed by atoms with Gasteiger partial charge in [0.05, 0.1) is 36.6 Å². The van der Waals surface area contributed by atoms with E-state index in [-0.39, 0.29) is 27.3 Å². The summed E-state index contributed by atoms with van der Waals surface area (Å²) in [7, 11) is -1.93. The molecular formula is C20H18N2O8S. The van der Waals surface area contributed by atoms with Crippen LogP contribution in [0, 0.1) is 0 Å². The summed E-state index contributed by atoms with van der Waals surface area (Å²) in [6, 6.07) is 7.93. The molecule has 0 aromatic heterocycles. The fourth-order valence-corrected chi connectivity index (χ4v) is 4.83. The first-order valence-corrected chi connectivity index (χ1v) is 10.4. The van der Waals surface area contributed by atoms with Crippen LogP contribution in [0.2, 0.25) is 0 Å². The number of methoxy groups -OCH3 is 2. The van der Waals surface area contributed by atoms with Crippen molar-refractivity contribution in [1.82, 2.24) is 4.31 Å². The maximum Gasteiger partial charge on any atom is 0.339 e. The van der Waals surface area contributed by atoms with E-state index in [9.17, 15) is 27.6 Å². The number of carbonyl (C=O) groups excluding carboxylic acids is 4. The predicted octanol–water partition coefficient (Wildman–Crippen LogP) is 1.43. The van der Waals surface area contributed by atoms with E-state index < -0.39 is 39.8 Å². The van der Waals surface area contributed by atoms with Crippen LogP contribution in [0.1, 0.15) is 38.0 Å². The van der Waals surface area contributed by atoms with Crippen LogP contribution in [0.15, 0.2) is 47.4 Å². The predicted molar refractivity (Wildman–Crippen MR) is 107 cm³/mol. The fraction of sp³-hybridized carbons (Fsp3) is 0.200. The van der Waals surface area contributed by atoms with E-state index in [1.807, 2.05) is 0 Å². The number of amides is 2. The van der Waals surface area contributed by atoms with Crippen molar-refractivity contribution >= 4 is 39.5 Å². The number of rotatable bonds is 5. The van der Waals surface area contributed by atoms with E-state index in [2.05, 4.69) is 14.8 Å². The monoisotopic (exact) mass is 446 g/mol. The highest BCUT2D eigenvalue weighted by Crippen LogP contribution is 2.32. The van der Waals surface area contributed by atoms with Gasteiger partial charge in [0.1, 0.15) is 10.9 Å². The van der Waals surface area contributed by atoms with Gasteiger partial charge in [-0.15, -0.1) is 0 Å². The van der Waals surface area contributed by atoms with Gasteiger partial charge in [0.15, 0.2) is 0 Å². The quantitative estimate of drug-likeness (QED) is 0.681. The van der Waals surface area contributed by atoms with Crippen LogP contribution in [0.3, 0.4) is 0 Å². The van der Waals surface area contributed by atoms with E-state index in [1.54, 1.807) is 0 Å². The number of anilines is 1. The van der Waals surface area contributed by atoms with Crippen LogP contribution in [-0.4, -0.2) is 56.7 Å². The Kier molecular flexibility index (Phi) is 5.80. The number of sulfonamides is 1. The summed E-state index contributed by atoms with van der Waals surface area (Å²) in [5, 5.41) is 2.40. The first-order chi connectivity index (χ1) is 14.6. The molecule has 162 valence electrons. The van der Waals surface area contributed by atoms with Crippen LogP contribution >= 0.6 is 0 Å². The molecule has 11 heteroatoms. The molecule has 0 saturated carbocycles. The number of hydrogen-bond acceptors (Lipinski definition) is 8. The van der Waals surface area contributed by atoms with Crippen LogP contribution in [-0.2, 0) is 24.3 Å². The van der Waals surface area contributed by atoms with Crippen molar-refractivity contribution in [2.45, 2.75) is 17.9 Å². The van der Waals surface area contributed by atoms with Crippen LogP contribution in [0.5, 0.6) is 0 Å². The molecule has 2 aromatic carbocycles. The molecule has 10 nitrogen and oxygen atoms in total. The zero-order valence-electron chi connectivity index (χ0n) is 16.7. The highest BCUT2D eigenvalue weighted by Gasteiger charge is 2.45. The largest absolute Gasteiger partial charge is 0.465 e. The minimum atomic E-state index is -4.23. The van der Waals surface area contributed by atoms with Gasteiger partial charge in [-0.2, -0.15) is 0 Å². The highest BCUT2D eigenvalue weighted by atomic mass is 32.2. The molecule has 0 saturated heterocycles. The molecule has 2 amide bonds. The third-order valence-electron chi connectivity index (χ3n) is 4.69. The Labute approximate surface area is 177 Å². The van der Waals surface area contributed by atoms with Gasteiger partial charge in [0, 0.05) is 0 Å². The second-order valence-electron chi connectivity index (χ2n) is 6.51. The summed E-state index contributed by atoms with van der Waals surface area (Å²) >= 11 is 0. The van der Waals surface area contributed by atoms with Gasteiger partial charge in [-0.3, -0.25) is 9.59 Å². The Morgan fingerprint density at radius 3 is 2.26 bits per heavy atom. The van der Waals surface area contributed by atoms with Crippen molar-refractivity contribution in [3.63, 3.8) is 0 Å². The molecule has 1 aliphatic rings. The van der Waals surface area contributed by atoms with Crippen LogP contribution < -0.4 is 5.32 Å². The molecule has 1 heterocycles. The smallest absolute Gasteiger partial charge is 0.339 e. The summed E-state index contributed by atoms with van der Waals surface area (Å²) in [6.45, 7) is 1.23. The number of esters is 2. The molecular weight excluding hydrogens is 428 g/mol. The number of fused-ring (bicyclic) bond motifs is 1. The van der Waals surface area contributed by atoms with Crippen molar-refractivity contribution in [3.05, 3.63) is 59.2 Å². The Morgan fingerprint density at radius 2 is 1.65 bits per heavy atom. The van der Waals surface area contributed by atoms with Gasteiger partial charge in [0.25, 0.3) is 15.9 Å². The number of nitrogens with one attached hydrogen (secondary N) is 1. The molecule has 0 spiro atoms. The van der Waals surface area contributed by atoms with Gasteiger partial charge in [-0.05, 0) is 37.3 Å². The molecule has 1 unspecified atom stereocenters. The van der Waals surface area contributed by atoms with Crippen LogP contribution in [0.25, 0.3) is 0 Å². The van der Waals surface area contributed by atoms with Crippen molar-refractivity contribution in [1.29, 1.82) is 0 Å². The number of benzene rings is 2. The highest BCUT2D eigenvalue weighted by molar-refractivity contribution is 7.90. The summed E-state index contributed by atoms with van der Waals surface area (Å²) in [6.07, 6.45) is 0.